The number of rotatable bonds is 5. The molecule has 1 heterocycles. The Morgan fingerprint density at radius 1 is 1.12 bits per heavy atom. The molecule has 0 aromatic heterocycles. The van der Waals surface area contributed by atoms with Gasteiger partial charge in [-0.1, -0.05) is 38.0 Å². The van der Waals surface area contributed by atoms with Crippen molar-refractivity contribution in [2.75, 3.05) is 6.61 Å². The quantitative estimate of drug-likeness (QED) is 0.602. The molecule has 3 heteroatoms. The number of ether oxygens (including phenoxy) is 2. The molecule has 0 fully saturated rings. The fraction of sp³-hybridized carbons (Fsp3) is 0.391. The van der Waals surface area contributed by atoms with Crippen LogP contribution in [0.25, 0.3) is 0 Å². The molecule has 0 spiro atoms. The van der Waals surface area contributed by atoms with Crippen LogP contribution in [0.4, 0.5) is 4.39 Å². The number of fused-ring (bicyclic) bond motifs is 3. The molecule has 0 radical (unpaired) electrons. The fourth-order valence-corrected chi connectivity index (χ4v) is 4.17. The van der Waals surface area contributed by atoms with Gasteiger partial charge in [-0.15, -0.1) is 0 Å². The van der Waals surface area contributed by atoms with Crippen LogP contribution in [-0.4, -0.2) is 6.61 Å². The smallest absolute Gasteiger partial charge is 0.134 e. The molecule has 26 heavy (non-hydrogen) atoms. The van der Waals surface area contributed by atoms with E-state index in [1.165, 1.54) is 0 Å². The summed E-state index contributed by atoms with van der Waals surface area (Å²) in [6.45, 7) is 2.88. The largest absolute Gasteiger partial charge is 0.494 e. The molecule has 1 aliphatic carbocycles. The van der Waals surface area contributed by atoms with Gasteiger partial charge >= 0.3 is 0 Å². The molecule has 2 aliphatic rings. The van der Waals surface area contributed by atoms with Gasteiger partial charge in [-0.3, -0.25) is 0 Å². The van der Waals surface area contributed by atoms with Crippen molar-refractivity contribution in [1.82, 2.24) is 0 Å². The van der Waals surface area contributed by atoms with E-state index in [1.54, 1.807) is 12.1 Å². The van der Waals surface area contributed by atoms with Gasteiger partial charge in [0.2, 0.25) is 0 Å². The van der Waals surface area contributed by atoms with Gasteiger partial charge in [-0.25, -0.2) is 4.39 Å². The number of halogens is 1. The van der Waals surface area contributed by atoms with Crippen LogP contribution in [-0.2, 0) is 5.41 Å². The van der Waals surface area contributed by atoms with E-state index in [0.29, 0.717) is 11.3 Å². The molecule has 2 aromatic rings. The van der Waals surface area contributed by atoms with Gasteiger partial charge in [-0.2, -0.15) is 0 Å². The van der Waals surface area contributed by atoms with Gasteiger partial charge in [0, 0.05) is 5.56 Å². The highest BCUT2D eigenvalue weighted by Gasteiger charge is 2.48. The van der Waals surface area contributed by atoms with Crippen LogP contribution in [0.2, 0.25) is 0 Å². The lowest BCUT2D eigenvalue weighted by Gasteiger charge is -2.30. The predicted molar refractivity (Wildman–Crippen MR) is 101 cm³/mol. The van der Waals surface area contributed by atoms with Crippen molar-refractivity contribution in [1.29, 1.82) is 0 Å². The second-order valence-electron chi connectivity index (χ2n) is 7.16. The molecule has 0 amide bonds. The number of hydrogen-bond donors (Lipinski definition) is 0. The lowest BCUT2D eigenvalue weighted by atomic mass is 9.71. The van der Waals surface area contributed by atoms with E-state index >= 15 is 0 Å². The maximum Gasteiger partial charge on any atom is 0.134 e. The molecule has 2 aromatic carbocycles. The van der Waals surface area contributed by atoms with Crippen LogP contribution in [0.15, 0.2) is 54.3 Å². The monoisotopic (exact) mass is 352 g/mol. The molecule has 136 valence electrons. The van der Waals surface area contributed by atoms with Gasteiger partial charge in [0.15, 0.2) is 0 Å². The topological polar surface area (TPSA) is 18.5 Å². The molecule has 0 N–H and O–H groups in total. The molecule has 0 bridgehead atoms. The summed E-state index contributed by atoms with van der Waals surface area (Å²) in [7, 11) is 0. The Balaban J connectivity index is 1.76. The Hall–Kier alpha value is -2.29. The van der Waals surface area contributed by atoms with Crippen molar-refractivity contribution < 1.29 is 13.9 Å². The Bertz CT molecular complexity index is 809. The summed E-state index contributed by atoms with van der Waals surface area (Å²) >= 11 is 0. The first kappa shape index (κ1) is 17.1. The van der Waals surface area contributed by atoms with Crippen molar-refractivity contribution in [3.63, 3.8) is 0 Å². The maximum absolute atomic E-state index is 14.9. The summed E-state index contributed by atoms with van der Waals surface area (Å²) in [6, 6.07) is 13.3. The van der Waals surface area contributed by atoms with Crippen LogP contribution < -0.4 is 9.47 Å². The average Bonchev–Trinajstić information content (AvgIpc) is 2.84. The summed E-state index contributed by atoms with van der Waals surface area (Å²) in [4.78, 5) is 0. The highest BCUT2D eigenvalue weighted by molar-refractivity contribution is 5.59. The van der Waals surface area contributed by atoms with Gasteiger partial charge in [0.1, 0.15) is 23.1 Å². The molecular weight excluding hydrogens is 327 g/mol. The van der Waals surface area contributed by atoms with Crippen molar-refractivity contribution in [3.8, 4) is 11.5 Å². The van der Waals surface area contributed by atoms with Crippen molar-refractivity contribution in [3.05, 3.63) is 71.2 Å². The third kappa shape index (κ3) is 2.80. The standard InChI is InChI=1S/C23H25FO2/c1-2-3-16-25-18-13-11-17(12-14-18)23-15-6-4-5-10-21(23)26-20-9-7-8-19(24)22(20)23/h7-14H,2-6,15-16H2,1H3. The molecule has 1 atom stereocenters. The molecule has 4 rings (SSSR count). The number of allylic oxidation sites excluding steroid dienone is 2. The summed E-state index contributed by atoms with van der Waals surface area (Å²) in [5.74, 6) is 2.22. The molecule has 0 saturated heterocycles. The summed E-state index contributed by atoms with van der Waals surface area (Å²) in [5.41, 5.74) is 1.25. The molecule has 0 saturated carbocycles. The van der Waals surface area contributed by atoms with Crippen LogP contribution in [0.1, 0.15) is 56.6 Å². The summed E-state index contributed by atoms with van der Waals surface area (Å²) in [5, 5.41) is 0. The minimum Gasteiger partial charge on any atom is -0.494 e. The Morgan fingerprint density at radius 3 is 2.77 bits per heavy atom. The zero-order valence-corrected chi connectivity index (χ0v) is 15.3. The zero-order chi connectivity index (χ0) is 18.0. The van der Waals surface area contributed by atoms with Gasteiger partial charge in [-0.05, 0) is 61.6 Å². The summed E-state index contributed by atoms with van der Waals surface area (Å²) in [6.07, 6.45) is 8.31. The second kappa shape index (κ2) is 7.14. The van der Waals surface area contributed by atoms with E-state index in [4.69, 9.17) is 9.47 Å². The van der Waals surface area contributed by atoms with Crippen LogP contribution in [0, 0.1) is 5.82 Å². The zero-order valence-electron chi connectivity index (χ0n) is 15.3. The molecule has 2 nitrogen and oxygen atoms in total. The number of benzene rings is 2. The van der Waals surface area contributed by atoms with Crippen LogP contribution in [0.5, 0.6) is 11.5 Å². The molecular formula is C23H25FO2. The Morgan fingerprint density at radius 2 is 1.96 bits per heavy atom. The first-order chi connectivity index (χ1) is 12.8. The fourth-order valence-electron chi connectivity index (χ4n) is 4.17. The van der Waals surface area contributed by atoms with Gasteiger partial charge < -0.3 is 9.47 Å². The minimum absolute atomic E-state index is 0.184. The maximum atomic E-state index is 14.9. The average molecular weight is 352 g/mol. The second-order valence-corrected chi connectivity index (χ2v) is 7.16. The van der Waals surface area contributed by atoms with E-state index < -0.39 is 5.41 Å². The molecule has 1 aliphatic heterocycles. The van der Waals surface area contributed by atoms with Crippen molar-refractivity contribution in [2.24, 2.45) is 0 Å². The molecule has 1 unspecified atom stereocenters. The van der Waals surface area contributed by atoms with E-state index in [1.807, 2.05) is 18.2 Å². The van der Waals surface area contributed by atoms with E-state index in [9.17, 15) is 4.39 Å². The SMILES string of the molecule is CCCCOc1ccc(C23CCCCC=C2Oc2cccc(F)c23)cc1. The third-order valence-corrected chi connectivity index (χ3v) is 5.49. The predicted octanol–water partition coefficient (Wildman–Crippen LogP) is 6.14. The minimum atomic E-state index is -0.515. The number of hydrogen-bond acceptors (Lipinski definition) is 2. The lowest BCUT2D eigenvalue weighted by molar-refractivity contribution is 0.309. The van der Waals surface area contributed by atoms with Crippen LogP contribution >= 0.6 is 0 Å². The third-order valence-electron chi connectivity index (χ3n) is 5.49. The first-order valence-electron chi connectivity index (χ1n) is 9.66. The normalized spacial score (nSPS) is 21.2. The van der Waals surface area contributed by atoms with Crippen molar-refractivity contribution >= 4 is 0 Å². The highest BCUT2D eigenvalue weighted by Crippen LogP contribution is 2.54. The van der Waals surface area contributed by atoms with E-state index in [0.717, 1.165) is 62.2 Å². The summed E-state index contributed by atoms with van der Waals surface area (Å²) < 4.78 is 26.8. The lowest BCUT2D eigenvalue weighted by Crippen LogP contribution is -2.28. The first-order valence-corrected chi connectivity index (χ1v) is 9.66. The Labute approximate surface area is 154 Å². The Kier molecular flexibility index (Phi) is 4.71. The number of unbranched alkanes of at least 4 members (excludes halogenated alkanes) is 1. The van der Waals surface area contributed by atoms with E-state index in [2.05, 4.69) is 25.1 Å². The van der Waals surface area contributed by atoms with E-state index in [-0.39, 0.29) is 5.82 Å². The van der Waals surface area contributed by atoms with Crippen molar-refractivity contribution in [2.45, 2.75) is 50.9 Å². The van der Waals surface area contributed by atoms with Gasteiger partial charge in [0.25, 0.3) is 0 Å². The van der Waals surface area contributed by atoms with Gasteiger partial charge in [0.05, 0.1) is 12.0 Å². The highest BCUT2D eigenvalue weighted by atomic mass is 19.1. The van der Waals surface area contributed by atoms with Crippen LogP contribution in [0.3, 0.4) is 0 Å².